The number of fused-ring (bicyclic) bond motifs is 1. The van der Waals surface area contributed by atoms with Gasteiger partial charge < -0.3 is 9.80 Å². The Hall–Kier alpha value is -2.45. The van der Waals surface area contributed by atoms with Crippen LogP contribution in [0, 0.1) is 5.82 Å². The normalized spacial score (nSPS) is 20.0. The number of carbonyl (C=O) groups excluding carboxylic acids is 1. The summed E-state index contributed by atoms with van der Waals surface area (Å²) in [6.07, 6.45) is 0.924. The predicted octanol–water partition coefficient (Wildman–Crippen LogP) is 2.11. The molecule has 1 fully saturated rings. The lowest BCUT2D eigenvalue weighted by atomic mass is 10.1. The molecule has 2 aliphatic heterocycles. The first kappa shape index (κ1) is 19.8. The van der Waals surface area contributed by atoms with E-state index in [1.54, 1.807) is 4.90 Å². The average molecular weight is 418 g/mol. The van der Waals surface area contributed by atoms with Gasteiger partial charge in [0.05, 0.1) is 11.4 Å². The third-order valence-electron chi connectivity index (χ3n) is 5.70. The first-order chi connectivity index (χ1) is 13.9. The number of piperazine rings is 1. The molecule has 1 amide bonds. The highest BCUT2D eigenvalue weighted by Gasteiger charge is 2.32. The van der Waals surface area contributed by atoms with E-state index >= 15 is 0 Å². The summed E-state index contributed by atoms with van der Waals surface area (Å²) >= 11 is 0. The summed E-state index contributed by atoms with van der Waals surface area (Å²) in [6.45, 7) is 3.57. The Morgan fingerprint density at radius 2 is 1.69 bits per heavy atom. The monoisotopic (exact) mass is 417 g/mol. The molecular weight excluding hydrogens is 393 g/mol. The summed E-state index contributed by atoms with van der Waals surface area (Å²) in [5.41, 5.74) is 2.36. The number of carbonyl (C=O) groups is 1. The van der Waals surface area contributed by atoms with Crippen LogP contribution in [0.5, 0.6) is 0 Å². The Morgan fingerprint density at radius 1 is 1.03 bits per heavy atom. The molecule has 154 valence electrons. The van der Waals surface area contributed by atoms with E-state index in [9.17, 15) is 17.6 Å². The van der Waals surface area contributed by atoms with Gasteiger partial charge >= 0.3 is 0 Å². The SMILES string of the molecule is CC1Cc2ccccc2N1CC(=O)N1CCN(S(=O)(=O)c2ccc(F)cc2)CC1. The smallest absolute Gasteiger partial charge is 0.243 e. The molecule has 0 radical (unpaired) electrons. The van der Waals surface area contributed by atoms with Gasteiger partial charge in [0.15, 0.2) is 0 Å². The van der Waals surface area contributed by atoms with Gasteiger partial charge in [-0.05, 0) is 49.2 Å². The van der Waals surface area contributed by atoms with Gasteiger partial charge in [0.1, 0.15) is 5.82 Å². The Bertz CT molecular complexity index is 1000. The van der Waals surface area contributed by atoms with Crippen molar-refractivity contribution >= 4 is 21.6 Å². The summed E-state index contributed by atoms with van der Waals surface area (Å²) in [5, 5.41) is 0. The van der Waals surface area contributed by atoms with Crippen molar-refractivity contribution in [2.24, 2.45) is 0 Å². The van der Waals surface area contributed by atoms with E-state index in [1.165, 1.54) is 22.0 Å². The third kappa shape index (κ3) is 3.86. The summed E-state index contributed by atoms with van der Waals surface area (Å²) in [4.78, 5) is 16.8. The van der Waals surface area contributed by atoms with Gasteiger partial charge in [0.25, 0.3) is 0 Å². The molecule has 4 rings (SSSR count). The standard InChI is InChI=1S/C21H24FN3O3S/c1-16-14-17-4-2-3-5-20(17)25(16)15-21(26)23-10-12-24(13-11-23)29(27,28)19-8-6-18(22)7-9-19/h2-9,16H,10-15H2,1H3. The summed E-state index contributed by atoms with van der Waals surface area (Å²) < 4.78 is 39.9. The Morgan fingerprint density at radius 3 is 2.38 bits per heavy atom. The maximum absolute atomic E-state index is 13.1. The predicted molar refractivity (Wildman–Crippen MR) is 109 cm³/mol. The Balaban J connectivity index is 1.38. The molecule has 2 heterocycles. The van der Waals surface area contributed by atoms with Crippen molar-refractivity contribution < 1.29 is 17.6 Å². The molecule has 29 heavy (non-hydrogen) atoms. The van der Waals surface area contributed by atoms with Crippen LogP contribution in [0.1, 0.15) is 12.5 Å². The Kier molecular flexibility index (Phi) is 5.31. The fraction of sp³-hybridized carbons (Fsp3) is 0.381. The van der Waals surface area contributed by atoms with E-state index in [0.717, 1.165) is 24.2 Å². The second-order valence-electron chi connectivity index (χ2n) is 7.55. The molecule has 0 aliphatic carbocycles. The number of nitrogens with zero attached hydrogens (tertiary/aromatic N) is 3. The lowest BCUT2D eigenvalue weighted by Crippen LogP contribution is -2.53. The third-order valence-corrected chi connectivity index (χ3v) is 7.61. The van der Waals surface area contributed by atoms with E-state index in [0.29, 0.717) is 19.6 Å². The van der Waals surface area contributed by atoms with E-state index in [1.807, 2.05) is 18.2 Å². The van der Waals surface area contributed by atoms with Crippen LogP contribution in [0.2, 0.25) is 0 Å². The maximum Gasteiger partial charge on any atom is 0.243 e. The molecule has 0 bridgehead atoms. The van der Waals surface area contributed by atoms with Crippen LogP contribution in [0.3, 0.4) is 0 Å². The fourth-order valence-corrected chi connectivity index (χ4v) is 5.47. The van der Waals surface area contributed by atoms with E-state index < -0.39 is 15.8 Å². The maximum atomic E-state index is 13.1. The van der Waals surface area contributed by atoms with E-state index in [-0.39, 0.29) is 29.9 Å². The number of amides is 1. The fourth-order valence-electron chi connectivity index (χ4n) is 4.05. The number of halogens is 1. The quantitative estimate of drug-likeness (QED) is 0.765. The molecule has 0 aromatic heterocycles. The van der Waals surface area contributed by atoms with Gasteiger partial charge in [-0.2, -0.15) is 4.31 Å². The number of sulfonamides is 1. The minimum Gasteiger partial charge on any atom is -0.359 e. The number of benzene rings is 2. The number of para-hydroxylation sites is 1. The topological polar surface area (TPSA) is 60.9 Å². The van der Waals surface area contributed by atoms with Crippen LogP contribution in [-0.4, -0.2) is 62.3 Å². The van der Waals surface area contributed by atoms with Gasteiger partial charge in [-0.1, -0.05) is 18.2 Å². The molecule has 2 aliphatic rings. The van der Waals surface area contributed by atoms with Gasteiger partial charge in [-0.25, -0.2) is 12.8 Å². The molecule has 6 nitrogen and oxygen atoms in total. The van der Waals surface area contributed by atoms with Gasteiger partial charge in [-0.3, -0.25) is 4.79 Å². The lowest BCUT2D eigenvalue weighted by Gasteiger charge is -2.35. The van der Waals surface area contributed by atoms with Crippen LogP contribution in [0.4, 0.5) is 10.1 Å². The minimum absolute atomic E-state index is 0.00684. The zero-order chi connectivity index (χ0) is 20.6. The van der Waals surface area contributed by atoms with Crippen molar-refractivity contribution in [1.82, 2.24) is 9.21 Å². The molecule has 0 N–H and O–H groups in total. The highest BCUT2D eigenvalue weighted by molar-refractivity contribution is 7.89. The van der Waals surface area contributed by atoms with Crippen LogP contribution in [-0.2, 0) is 21.2 Å². The molecule has 2 aromatic carbocycles. The molecule has 1 saturated heterocycles. The molecule has 2 aromatic rings. The van der Waals surface area contributed by atoms with Crippen molar-refractivity contribution in [2.45, 2.75) is 24.3 Å². The molecule has 1 atom stereocenters. The van der Waals surface area contributed by atoms with Gasteiger partial charge in [0.2, 0.25) is 15.9 Å². The minimum atomic E-state index is -3.68. The summed E-state index contributed by atoms with van der Waals surface area (Å²) in [7, 11) is -3.68. The van der Waals surface area contributed by atoms with Gasteiger partial charge in [-0.15, -0.1) is 0 Å². The zero-order valence-electron chi connectivity index (χ0n) is 16.3. The molecule has 1 unspecified atom stereocenters. The van der Waals surface area contributed by atoms with Crippen molar-refractivity contribution in [2.75, 3.05) is 37.6 Å². The van der Waals surface area contributed by atoms with Crippen LogP contribution in [0.25, 0.3) is 0 Å². The van der Waals surface area contributed by atoms with Crippen molar-refractivity contribution in [1.29, 1.82) is 0 Å². The van der Waals surface area contributed by atoms with Crippen LogP contribution in [0.15, 0.2) is 53.4 Å². The van der Waals surface area contributed by atoms with Crippen molar-refractivity contribution in [3.63, 3.8) is 0 Å². The van der Waals surface area contributed by atoms with E-state index in [4.69, 9.17) is 0 Å². The van der Waals surface area contributed by atoms with Crippen LogP contribution >= 0.6 is 0 Å². The molecule has 8 heteroatoms. The average Bonchev–Trinajstić information content (AvgIpc) is 3.03. The largest absolute Gasteiger partial charge is 0.359 e. The number of hydrogen-bond donors (Lipinski definition) is 0. The molecular formula is C21H24FN3O3S. The summed E-state index contributed by atoms with van der Waals surface area (Å²) in [5.74, 6) is -0.468. The number of rotatable bonds is 4. The Labute approximate surface area is 170 Å². The first-order valence-electron chi connectivity index (χ1n) is 9.74. The molecule has 0 saturated carbocycles. The number of hydrogen-bond acceptors (Lipinski definition) is 4. The summed E-state index contributed by atoms with van der Waals surface area (Å²) in [6, 6.07) is 13.2. The highest BCUT2D eigenvalue weighted by Crippen LogP contribution is 2.31. The second kappa shape index (κ2) is 7.76. The van der Waals surface area contributed by atoms with Crippen LogP contribution < -0.4 is 4.90 Å². The van der Waals surface area contributed by atoms with Gasteiger partial charge in [0, 0.05) is 37.9 Å². The van der Waals surface area contributed by atoms with E-state index in [2.05, 4.69) is 17.9 Å². The first-order valence-corrected chi connectivity index (χ1v) is 11.2. The molecule has 0 spiro atoms. The van der Waals surface area contributed by atoms with Crippen molar-refractivity contribution in [3.8, 4) is 0 Å². The second-order valence-corrected chi connectivity index (χ2v) is 9.49. The highest BCUT2D eigenvalue weighted by atomic mass is 32.2. The zero-order valence-corrected chi connectivity index (χ0v) is 17.1. The lowest BCUT2D eigenvalue weighted by molar-refractivity contribution is -0.130. The number of anilines is 1. The van der Waals surface area contributed by atoms with Crippen molar-refractivity contribution in [3.05, 3.63) is 59.9 Å².